The number of likely N-dealkylation sites (N-methyl/N-ethyl adjacent to an activating group) is 1. The van der Waals surface area contributed by atoms with Gasteiger partial charge in [0.25, 0.3) is 0 Å². The summed E-state index contributed by atoms with van der Waals surface area (Å²) in [6.45, 7) is 15.4. The molecule has 23 heavy (non-hydrogen) atoms. The van der Waals surface area contributed by atoms with Gasteiger partial charge in [-0.15, -0.1) is 0 Å². The molecular weight excluding hydrogens is 409 g/mol. The zero-order chi connectivity index (χ0) is 18.3. The van der Waals surface area contributed by atoms with Crippen LogP contribution in [-0.2, 0) is 14.2 Å². The lowest BCUT2D eigenvalue weighted by Gasteiger charge is -2.36. The molecule has 0 aromatic heterocycles. The second-order valence-corrected chi connectivity index (χ2v) is 8.17. The average molecular weight is 443 g/mol. The molecule has 0 spiro atoms. The number of rotatable bonds is 9. The summed E-state index contributed by atoms with van der Waals surface area (Å²) in [6.07, 6.45) is -0.249. The molecule has 2 unspecified atom stereocenters. The van der Waals surface area contributed by atoms with E-state index in [2.05, 4.69) is 36.4 Å². The van der Waals surface area contributed by atoms with Crippen LogP contribution in [0, 0.1) is 5.92 Å². The fourth-order valence-corrected chi connectivity index (χ4v) is 2.44. The Morgan fingerprint density at radius 3 is 2.13 bits per heavy atom. The summed E-state index contributed by atoms with van der Waals surface area (Å²) in [5.41, 5.74) is -0.927. The highest BCUT2D eigenvalue weighted by Gasteiger charge is 2.32. The SMILES string of the molecule is CCN(CC(C)(CI)OCC(OC)C(C)C)C(=O)OC(C)(C)C. The minimum absolute atomic E-state index is 0.0499. The molecule has 6 heteroatoms. The largest absolute Gasteiger partial charge is 0.444 e. The fourth-order valence-electron chi connectivity index (χ4n) is 1.98. The number of halogens is 1. The minimum atomic E-state index is -0.495. The lowest BCUT2D eigenvalue weighted by Crippen LogP contribution is -2.49. The Morgan fingerprint density at radius 2 is 1.78 bits per heavy atom. The molecule has 0 aliphatic rings. The number of amides is 1. The summed E-state index contributed by atoms with van der Waals surface area (Å²) in [5.74, 6) is 0.381. The van der Waals surface area contributed by atoms with Crippen LogP contribution in [-0.4, -0.2) is 59.5 Å². The molecule has 1 amide bonds. The van der Waals surface area contributed by atoms with Gasteiger partial charge in [0.15, 0.2) is 0 Å². The molecule has 0 heterocycles. The lowest BCUT2D eigenvalue weighted by molar-refractivity contribution is -0.0893. The van der Waals surface area contributed by atoms with Crippen molar-refractivity contribution in [3.8, 4) is 0 Å². The quantitative estimate of drug-likeness (QED) is 0.397. The van der Waals surface area contributed by atoms with Gasteiger partial charge >= 0.3 is 6.09 Å². The molecule has 5 nitrogen and oxygen atoms in total. The van der Waals surface area contributed by atoms with E-state index >= 15 is 0 Å². The van der Waals surface area contributed by atoms with Gasteiger partial charge in [-0.05, 0) is 40.5 Å². The van der Waals surface area contributed by atoms with E-state index in [4.69, 9.17) is 14.2 Å². The Kier molecular flexibility index (Phi) is 10.00. The molecule has 138 valence electrons. The maximum Gasteiger partial charge on any atom is 0.410 e. The standard InChI is InChI=1S/C17H34INO4/c1-9-19(15(20)23-16(4,5)6)12-17(7,11-18)22-10-14(21-8)13(2)3/h13-14H,9-12H2,1-8H3. The zero-order valence-electron chi connectivity index (χ0n) is 15.9. The maximum absolute atomic E-state index is 12.3. The third-order valence-electron chi connectivity index (χ3n) is 3.48. The first-order valence-corrected chi connectivity index (χ1v) is 9.71. The van der Waals surface area contributed by atoms with E-state index in [0.717, 1.165) is 4.43 Å². The van der Waals surface area contributed by atoms with E-state index in [0.29, 0.717) is 25.6 Å². The number of nitrogens with zero attached hydrogens (tertiary/aromatic N) is 1. The molecule has 0 aromatic carbocycles. The number of carbonyl (C=O) groups excluding carboxylic acids is 1. The number of hydrogen-bond acceptors (Lipinski definition) is 4. The van der Waals surface area contributed by atoms with Crippen LogP contribution in [0.5, 0.6) is 0 Å². The van der Waals surface area contributed by atoms with E-state index in [1.165, 1.54) is 0 Å². The van der Waals surface area contributed by atoms with Crippen LogP contribution in [0.2, 0.25) is 0 Å². The van der Waals surface area contributed by atoms with Crippen LogP contribution in [0.4, 0.5) is 4.79 Å². The third-order valence-corrected chi connectivity index (χ3v) is 5.10. The van der Waals surface area contributed by atoms with Gasteiger partial charge in [-0.2, -0.15) is 0 Å². The van der Waals surface area contributed by atoms with Gasteiger partial charge in [0.2, 0.25) is 0 Å². The first kappa shape index (κ1) is 22.9. The van der Waals surface area contributed by atoms with E-state index in [1.807, 2.05) is 34.6 Å². The molecule has 0 bridgehead atoms. The highest BCUT2D eigenvalue weighted by molar-refractivity contribution is 14.1. The van der Waals surface area contributed by atoms with Gasteiger partial charge in [0, 0.05) is 18.1 Å². The van der Waals surface area contributed by atoms with Crippen LogP contribution in [0.15, 0.2) is 0 Å². The maximum atomic E-state index is 12.3. The Bertz CT molecular complexity index is 357. The highest BCUT2D eigenvalue weighted by Crippen LogP contribution is 2.20. The summed E-state index contributed by atoms with van der Waals surface area (Å²) >= 11 is 2.30. The van der Waals surface area contributed by atoms with Crippen molar-refractivity contribution in [2.24, 2.45) is 5.92 Å². The molecule has 0 saturated carbocycles. The van der Waals surface area contributed by atoms with Crippen molar-refractivity contribution in [1.29, 1.82) is 0 Å². The number of methoxy groups -OCH3 is 1. The predicted octanol–water partition coefficient (Wildman–Crippen LogP) is 4.12. The Balaban J connectivity index is 4.82. The third kappa shape index (κ3) is 9.10. The van der Waals surface area contributed by atoms with E-state index in [-0.39, 0.29) is 12.2 Å². The number of alkyl halides is 1. The van der Waals surface area contributed by atoms with Crippen LogP contribution < -0.4 is 0 Å². The summed E-state index contributed by atoms with van der Waals surface area (Å²) in [6, 6.07) is 0. The average Bonchev–Trinajstić information content (AvgIpc) is 2.43. The van der Waals surface area contributed by atoms with Gasteiger partial charge in [-0.25, -0.2) is 4.79 Å². The van der Waals surface area contributed by atoms with Crippen molar-refractivity contribution < 1.29 is 19.0 Å². The summed E-state index contributed by atoms with van der Waals surface area (Å²) in [7, 11) is 1.70. The van der Waals surface area contributed by atoms with Crippen molar-refractivity contribution in [2.75, 3.05) is 31.2 Å². The molecular formula is C17H34INO4. The molecule has 0 N–H and O–H groups in total. The Morgan fingerprint density at radius 1 is 1.22 bits per heavy atom. The molecule has 0 saturated heterocycles. The minimum Gasteiger partial charge on any atom is -0.444 e. The van der Waals surface area contributed by atoms with Crippen LogP contribution in [0.1, 0.15) is 48.5 Å². The predicted molar refractivity (Wildman–Crippen MR) is 102 cm³/mol. The molecule has 0 rings (SSSR count). The van der Waals surface area contributed by atoms with E-state index in [1.54, 1.807) is 12.0 Å². The number of hydrogen-bond donors (Lipinski definition) is 0. The van der Waals surface area contributed by atoms with Gasteiger partial charge < -0.3 is 19.1 Å². The molecule has 0 aromatic rings. The summed E-state index contributed by atoms with van der Waals surface area (Å²) in [5, 5.41) is 0. The first-order valence-electron chi connectivity index (χ1n) is 8.18. The second-order valence-electron chi connectivity index (χ2n) is 7.41. The van der Waals surface area contributed by atoms with Crippen molar-refractivity contribution in [3.63, 3.8) is 0 Å². The fraction of sp³-hybridized carbons (Fsp3) is 0.941. The van der Waals surface area contributed by atoms with Crippen molar-refractivity contribution >= 4 is 28.7 Å². The molecule has 0 aliphatic heterocycles. The van der Waals surface area contributed by atoms with Crippen LogP contribution in [0.25, 0.3) is 0 Å². The van der Waals surface area contributed by atoms with Crippen molar-refractivity contribution in [3.05, 3.63) is 0 Å². The smallest absolute Gasteiger partial charge is 0.410 e. The Labute approximate surface area is 155 Å². The van der Waals surface area contributed by atoms with Gasteiger partial charge in [0.1, 0.15) is 5.60 Å². The monoisotopic (exact) mass is 443 g/mol. The highest BCUT2D eigenvalue weighted by atomic mass is 127. The second kappa shape index (κ2) is 10.0. The molecule has 2 atom stereocenters. The normalized spacial score (nSPS) is 16.1. The molecule has 0 radical (unpaired) electrons. The van der Waals surface area contributed by atoms with Crippen molar-refractivity contribution in [2.45, 2.75) is 65.8 Å². The molecule has 0 aliphatic carbocycles. The zero-order valence-corrected chi connectivity index (χ0v) is 18.1. The van der Waals surface area contributed by atoms with Crippen molar-refractivity contribution in [1.82, 2.24) is 4.90 Å². The van der Waals surface area contributed by atoms with Crippen LogP contribution in [0.3, 0.4) is 0 Å². The lowest BCUT2D eigenvalue weighted by atomic mass is 10.1. The summed E-state index contributed by atoms with van der Waals surface area (Å²) in [4.78, 5) is 14.0. The summed E-state index contributed by atoms with van der Waals surface area (Å²) < 4.78 is 17.8. The van der Waals surface area contributed by atoms with Gasteiger partial charge in [-0.3, -0.25) is 0 Å². The van der Waals surface area contributed by atoms with Gasteiger partial charge in [-0.1, -0.05) is 36.4 Å². The molecule has 0 fully saturated rings. The Hall–Kier alpha value is -0.0800. The van der Waals surface area contributed by atoms with Crippen LogP contribution >= 0.6 is 22.6 Å². The van der Waals surface area contributed by atoms with Gasteiger partial charge in [0.05, 0.1) is 24.9 Å². The van der Waals surface area contributed by atoms with E-state index < -0.39 is 11.2 Å². The number of ether oxygens (including phenoxy) is 3. The van der Waals surface area contributed by atoms with E-state index in [9.17, 15) is 4.79 Å². The number of carbonyl (C=O) groups is 1. The first-order chi connectivity index (χ1) is 10.5. The topological polar surface area (TPSA) is 48.0 Å².